The number of benzene rings is 3. The van der Waals surface area contributed by atoms with Gasteiger partial charge in [-0.3, -0.25) is 0 Å². The lowest BCUT2D eigenvalue weighted by Crippen LogP contribution is -2.45. The smallest absolute Gasteiger partial charge is 0.138 e. The Bertz CT molecular complexity index is 734. The summed E-state index contributed by atoms with van der Waals surface area (Å²) in [5.74, 6) is 0. The Hall–Kier alpha value is -2.75. The Kier molecular flexibility index (Phi) is 6.71. The van der Waals surface area contributed by atoms with Crippen LogP contribution in [0.3, 0.4) is 0 Å². The molecule has 0 bridgehead atoms. The van der Waals surface area contributed by atoms with Crippen molar-refractivity contribution >= 4 is 6.29 Å². The Labute approximate surface area is 155 Å². The second-order valence-corrected chi connectivity index (χ2v) is 6.39. The maximum absolute atomic E-state index is 11.7. The SMILES string of the molecule is O=C[C@H](Cc1ccccc1)NN(Cc1ccccc1)Cc1ccccc1. The molecule has 0 unspecified atom stereocenters. The van der Waals surface area contributed by atoms with E-state index in [4.69, 9.17) is 0 Å². The van der Waals surface area contributed by atoms with E-state index in [9.17, 15) is 4.79 Å². The first kappa shape index (κ1) is 18.1. The molecule has 3 heteroatoms. The van der Waals surface area contributed by atoms with Gasteiger partial charge in [-0.2, -0.15) is 0 Å². The fourth-order valence-electron chi connectivity index (χ4n) is 2.98. The molecule has 0 spiro atoms. The van der Waals surface area contributed by atoms with Crippen LogP contribution in [0.1, 0.15) is 16.7 Å². The second kappa shape index (κ2) is 9.66. The normalized spacial score (nSPS) is 12.0. The topological polar surface area (TPSA) is 32.3 Å². The first-order chi connectivity index (χ1) is 12.8. The fraction of sp³-hybridized carbons (Fsp3) is 0.174. The van der Waals surface area contributed by atoms with Crippen molar-refractivity contribution in [3.63, 3.8) is 0 Å². The molecular formula is C23H24N2O. The molecule has 0 aliphatic heterocycles. The number of nitrogens with zero attached hydrogens (tertiary/aromatic N) is 1. The maximum Gasteiger partial charge on any atom is 0.138 e. The molecule has 0 heterocycles. The molecule has 0 aliphatic rings. The van der Waals surface area contributed by atoms with Crippen molar-refractivity contribution in [1.82, 2.24) is 10.4 Å². The maximum atomic E-state index is 11.7. The molecule has 3 aromatic carbocycles. The van der Waals surface area contributed by atoms with Crippen molar-refractivity contribution in [3.05, 3.63) is 108 Å². The zero-order chi connectivity index (χ0) is 18.0. The van der Waals surface area contributed by atoms with E-state index in [1.165, 1.54) is 11.1 Å². The summed E-state index contributed by atoms with van der Waals surface area (Å²) < 4.78 is 0. The lowest BCUT2D eigenvalue weighted by atomic mass is 10.1. The number of nitrogens with one attached hydrogen (secondary N) is 1. The Morgan fingerprint density at radius 3 is 1.54 bits per heavy atom. The van der Waals surface area contributed by atoms with Gasteiger partial charge in [0.15, 0.2) is 0 Å². The third-order valence-corrected chi connectivity index (χ3v) is 4.24. The molecule has 1 atom stereocenters. The number of carbonyl (C=O) groups excluding carboxylic acids is 1. The molecule has 3 aromatic rings. The van der Waals surface area contributed by atoms with E-state index in [2.05, 4.69) is 46.8 Å². The van der Waals surface area contributed by atoms with Crippen molar-refractivity contribution in [2.24, 2.45) is 0 Å². The first-order valence-electron chi connectivity index (χ1n) is 8.91. The van der Waals surface area contributed by atoms with E-state index < -0.39 is 0 Å². The van der Waals surface area contributed by atoms with Gasteiger partial charge in [-0.15, -0.1) is 0 Å². The number of carbonyl (C=O) groups is 1. The summed E-state index contributed by atoms with van der Waals surface area (Å²) in [6, 6.07) is 30.4. The van der Waals surface area contributed by atoms with Gasteiger partial charge < -0.3 is 4.79 Å². The van der Waals surface area contributed by atoms with Crippen LogP contribution in [0.25, 0.3) is 0 Å². The highest BCUT2D eigenvalue weighted by molar-refractivity contribution is 5.58. The minimum atomic E-state index is -0.259. The molecule has 0 saturated carbocycles. The van der Waals surface area contributed by atoms with E-state index in [0.29, 0.717) is 6.42 Å². The van der Waals surface area contributed by atoms with Crippen molar-refractivity contribution in [1.29, 1.82) is 0 Å². The molecule has 3 rings (SSSR count). The molecule has 26 heavy (non-hydrogen) atoms. The highest BCUT2D eigenvalue weighted by Crippen LogP contribution is 2.10. The summed E-state index contributed by atoms with van der Waals surface area (Å²) in [6.45, 7) is 1.46. The Balaban J connectivity index is 1.71. The van der Waals surface area contributed by atoms with Crippen LogP contribution in [-0.2, 0) is 24.3 Å². The summed E-state index contributed by atoms with van der Waals surface area (Å²) in [6.07, 6.45) is 1.67. The van der Waals surface area contributed by atoms with Gasteiger partial charge in [-0.25, -0.2) is 10.4 Å². The lowest BCUT2D eigenvalue weighted by Gasteiger charge is -2.27. The van der Waals surface area contributed by atoms with E-state index in [1.807, 2.05) is 54.6 Å². The fourth-order valence-corrected chi connectivity index (χ4v) is 2.98. The van der Waals surface area contributed by atoms with Gasteiger partial charge in [0.05, 0.1) is 6.04 Å². The first-order valence-corrected chi connectivity index (χ1v) is 8.91. The van der Waals surface area contributed by atoms with E-state index in [0.717, 1.165) is 24.9 Å². The summed E-state index contributed by atoms with van der Waals surface area (Å²) in [5, 5.41) is 2.12. The zero-order valence-electron chi connectivity index (χ0n) is 14.8. The van der Waals surface area contributed by atoms with Crippen LogP contribution >= 0.6 is 0 Å². The molecule has 0 aliphatic carbocycles. The van der Waals surface area contributed by atoms with Crippen LogP contribution in [0.2, 0.25) is 0 Å². The van der Waals surface area contributed by atoms with Gasteiger partial charge in [-0.05, 0) is 23.1 Å². The van der Waals surface area contributed by atoms with Crippen LogP contribution in [-0.4, -0.2) is 17.3 Å². The van der Waals surface area contributed by atoms with Crippen molar-refractivity contribution < 1.29 is 4.79 Å². The summed E-state index contributed by atoms with van der Waals surface area (Å²) in [7, 11) is 0. The molecule has 0 amide bonds. The number of aldehydes is 1. The predicted molar refractivity (Wildman–Crippen MR) is 105 cm³/mol. The van der Waals surface area contributed by atoms with Crippen molar-refractivity contribution in [2.75, 3.05) is 0 Å². The third kappa shape index (κ3) is 5.66. The van der Waals surface area contributed by atoms with E-state index in [-0.39, 0.29) is 6.04 Å². The van der Waals surface area contributed by atoms with E-state index in [1.54, 1.807) is 0 Å². The van der Waals surface area contributed by atoms with Crippen molar-refractivity contribution in [3.8, 4) is 0 Å². The van der Waals surface area contributed by atoms with Crippen LogP contribution in [0, 0.1) is 0 Å². The van der Waals surface area contributed by atoms with Gasteiger partial charge in [0.25, 0.3) is 0 Å². The van der Waals surface area contributed by atoms with Crippen LogP contribution < -0.4 is 5.43 Å². The molecule has 3 nitrogen and oxygen atoms in total. The molecule has 1 N–H and O–H groups in total. The van der Waals surface area contributed by atoms with Crippen LogP contribution in [0.5, 0.6) is 0 Å². The summed E-state index contributed by atoms with van der Waals surface area (Å²) in [4.78, 5) is 11.7. The molecule has 0 fully saturated rings. The van der Waals surface area contributed by atoms with Gasteiger partial charge in [0.1, 0.15) is 6.29 Å². The molecule has 132 valence electrons. The monoisotopic (exact) mass is 344 g/mol. The standard InChI is InChI=1S/C23H24N2O/c26-19-23(16-20-10-4-1-5-11-20)24-25(17-21-12-6-2-7-13-21)18-22-14-8-3-9-15-22/h1-15,19,23-24H,16-18H2/t23-/m0/s1. The largest absolute Gasteiger partial charge is 0.302 e. The number of hydrazine groups is 1. The Morgan fingerprint density at radius 1 is 0.692 bits per heavy atom. The molecule has 0 saturated heterocycles. The minimum Gasteiger partial charge on any atom is -0.302 e. The Morgan fingerprint density at radius 2 is 1.12 bits per heavy atom. The average Bonchev–Trinajstić information content (AvgIpc) is 2.70. The number of rotatable bonds is 9. The quantitative estimate of drug-likeness (QED) is 0.470. The van der Waals surface area contributed by atoms with Crippen LogP contribution in [0.4, 0.5) is 0 Å². The molecular weight excluding hydrogens is 320 g/mol. The third-order valence-electron chi connectivity index (χ3n) is 4.24. The van der Waals surface area contributed by atoms with Crippen LogP contribution in [0.15, 0.2) is 91.0 Å². The van der Waals surface area contributed by atoms with Crippen molar-refractivity contribution in [2.45, 2.75) is 25.6 Å². The number of hydrogen-bond acceptors (Lipinski definition) is 3. The van der Waals surface area contributed by atoms with E-state index >= 15 is 0 Å². The zero-order valence-corrected chi connectivity index (χ0v) is 14.8. The van der Waals surface area contributed by atoms with Gasteiger partial charge >= 0.3 is 0 Å². The highest BCUT2D eigenvalue weighted by atomic mass is 16.1. The minimum absolute atomic E-state index is 0.259. The molecule has 0 aromatic heterocycles. The van der Waals surface area contributed by atoms with Gasteiger partial charge in [0.2, 0.25) is 0 Å². The summed E-state index contributed by atoms with van der Waals surface area (Å²) in [5.41, 5.74) is 6.98. The van der Waals surface area contributed by atoms with Gasteiger partial charge in [0, 0.05) is 13.1 Å². The lowest BCUT2D eigenvalue weighted by molar-refractivity contribution is -0.111. The molecule has 0 radical (unpaired) electrons. The average molecular weight is 344 g/mol. The predicted octanol–water partition coefficient (Wildman–Crippen LogP) is 4.00. The second-order valence-electron chi connectivity index (χ2n) is 6.39. The number of hydrogen-bond donors (Lipinski definition) is 1. The highest BCUT2D eigenvalue weighted by Gasteiger charge is 2.14. The summed E-state index contributed by atoms with van der Waals surface area (Å²) >= 11 is 0. The van der Waals surface area contributed by atoms with Gasteiger partial charge in [-0.1, -0.05) is 91.0 Å².